The number of amides is 1. The van der Waals surface area contributed by atoms with E-state index in [4.69, 9.17) is 15.2 Å². The molecule has 1 aliphatic rings. The molecule has 0 aliphatic carbocycles. The summed E-state index contributed by atoms with van der Waals surface area (Å²) in [5.41, 5.74) is 3.73. The van der Waals surface area contributed by atoms with Gasteiger partial charge in [0, 0.05) is 19.4 Å². The summed E-state index contributed by atoms with van der Waals surface area (Å²) in [5.74, 6) is -2.20. The number of esters is 1. The summed E-state index contributed by atoms with van der Waals surface area (Å²) >= 11 is 0. The summed E-state index contributed by atoms with van der Waals surface area (Å²) in [4.78, 5) is 50.0. The highest BCUT2D eigenvalue weighted by Crippen LogP contribution is 2.44. The number of hydrogen-bond acceptors (Lipinski definition) is 11. The number of carbonyl (C=O) groups is 3. The summed E-state index contributed by atoms with van der Waals surface area (Å²) in [5, 5.41) is 25.1. The van der Waals surface area contributed by atoms with Crippen LogP contribution in [0.5, 0.6) is 0 Å². The van der Waals surface area contributed by atoms with Crippen molar-refractivity contribution in [1.29, 1.82) is 0 Å². The first-order valence-electron chi connectivity index (χ1n) is 11.2. The molecule has 5 N–H and O–H groups in total. The molecule has 13 nitrogen and oxygen atoms in total. The monoisotopic (exact) mass is 478 g/mol. The third-order valence-electron chi connectivity index (χ3n) is 5.76. The number of ketones is 1. The molecule has 13 heteroatoms. The first-order valence-corrected chi connectivity index (χ1v) is 11.2. The van der Waals surface area contributed by atoms with Gasteiger partial charge in [-0.1, -0.05) is 27.2 Å². The quantitative estimate of drug-likeness (QED) is 0.257. The van der Waals surface area contributed by atoms with E-state index >= 15 is 0 Å². The number of hydrogen-bond donors (Lipinski definition) is 4. The van der Waals surface area contributed by atoms with E-state index in [-0.39, 0.29) is 29.8 Å². The third kappa shape index (κ3) is 4.45. The lowest BCUT2D eigenvalue weighted by molar-refractivity contribution is -0.174. The van der Waals surface area contributed by atoms with Gasteiger partial charge in [0.1, 0.15) is 17.9 Å². The van der Waals surface area contributed by atoms with Gasteiger partial charge in [0.15, 0.2) is 35.7 Å². The number of aliphatic hydroxyl groups is 2. The number of rotatable bonds is 10. The number of imidazole rings is 1. The maximum absolute atomic E-state index is 13.1. The smallest absolute Gasteiger partial charge is 0.305 e. The number of nitrogens with two attached hydrogens (primary N) is 1. The largest absolute Gasteiger partial charge is 0.456 e. The van der Waals surface area contributed by atoms with Crippen molar-refractivity contribution in [1.82, 2.24) is 24.8 Å². The number of unbranched alkanes of at least 4 members (excludes halogenated alkanes) is 1. The minimum Gasteiger partial charge on any atom is -0.456 e. The lowest BCUT2D eigenvalue weighted by atomic mass is 9.86. The Morgan fingerprint density at radius 1 is 1.26 bits per heavy atom. The van der Waals surface area contributed by atoms with Crippen LogP contribution in [-0.4, -0.2) is 77.8 Å². The second-order valence-electron chi connectivity index (χ2n) is 7.99. The maximum atomic E-state index is 13.1. The van der Waals surface area contributed by atoms with Crippen LogP contribution in [0.25, 0.3) is 11.2 Å². The molecule has 3 heterocycles. The molecule has 186 valence electrons. The lowest BCUT2D eigenvalue weighted by Gasteiger charge is -2.32. The van der Waals surface area contributed by atoms with Crippen LogP contribution in [0.3, 0.4) is 0 Å². The highest BCUT2D eigenvalue weighted by molar-refractivity contribution is 5.90. The molecule has 1 fully saturated rings. The van der Waals surface area contributed by atoms with Gasteiger partial charge < -0.3 is 30.7 Å². The van der Waals surface area contributed by atoms with Crippen LogP contribution in [0, 0.1) is 0 Å². The molecule has 34 heavy (non-hydrogen) atoms. The van der Waals surface area contributed by atoms with Crippen molar-refractivity contribution in [3.05, 3.63) is 12.7 Å². The number of aliphatic hydroxyl groups excluding tert-OH is 1. The minimum atomic E-state index is -2.46. The highest BCUT2D eigenvalue weighted by atomic mass is 16.6. The average molecular weight is 479 g/mol. The fourth-order valence-electron chi connectivity index (χ4n) is 3.88. The fraction of sp³-hybridized carbons (Fsp3) is 0.619. The van der Waals surface area contributed by atoms with Gasteiger partial charge in [-0.25, -0.2) is 15.0 Å². The predicted octanol–water partition coefficient (Wildman–Crippen LogP) is -0.385. The van der Waals surface area contributed by atoms with Gasteiger partial charge in [-0.15, -0.1) is 0 Å². The molecule has 0 spiro atoms. The van der Waals surface area contributed by atoms with E-state index in [0.717, 1.165) is 6.42 Å². The molecule has 0 bridgehead atoms. The van der Waals surface area contributed by atoms with Crippen molar-refractivity contribution >= 4 is 34.6 Å². The van der Waals surface area contributed by atoms with Gasteiger partial charge in [-0.3, -0.25) is 19.0 Å². The molecular formula is C21H30N6O7. The summed E-state index contributed by atoms with van der Waals surface area (Å²) in [6, 6.07) is 0. The molecule has 0 radical (unpaired) electrons. The SMILES string of the molecule is CCCCNC(=O)C(O)[C@H]1O[C@@H](n2cnc3c(N)ncnc32)[C@@](O)(C(=O)CC)[C@@H]1OC(=O)CC. The molecule has 1 unspecified atom stereocenters. The van der Waals surface area contributed by atoms with Crippen LogP contribution in [0.2, 0.25) is 0 Å². The predicted molar refractivity (Wildman–Crippen MR) is 118 cm³/mol. The van der Waals surface area contributed by atoms with Crippen molar-refractivity contribution in [3.8, 4) is 0 Å². The molecule has 1 aliphatic heterocycles. The van der Waals surface area contributed by atoms with Crippen LogP contribution >= 0.6 is 0 Å². The van der Waals surface area contributed by atoms with E-state index in [1.54, 1.807) is 0 Å². The second-order valence-corrected chi connectivity index (χ2v) is 7.99. The Labute approximate surface area is 195 Å². The van der Waals surface area contributed by atoms with Crippen LogP contribution in [0.4, 0.5) is 5.82 Å². The van der Waals surface area contributed by atoms with E-state index in [0.29, 0.717) is 13.0 Å². The summed E-state index contributed by atoms with van der Waals surface area (Å²) in [6.07, 6.45) is -2.91. The van der Waals surface area contributed by atoms with E-state index in [2.05, 4.69) is 20.3 Å². The topological polar surface area (TPSA) is 192 Å². The summed E-state index contributed by atoms with van der Waals surface area (Å²) in [7, 11) is 0. The van der Waals surface area contributed by atoms with Crippen molar-refractivity contribution in [3.63, 3.8) is 0 Å². The Balaban J connectivity index is 2.09. The Hall–Kier alpha value is -3.16. The molecule has 0 saturated carbocycles. The zero-order valence-corrected chi connectivity index (χ0v) is 19.3. The standard InChI is InChI=1S/C21H30N6O7/c1-4-7-8-23-19(31)14(30)15-16(33-12(29)6-3)21(32,11(28)5-2)20(34-15)27-10-26-13-17(22)24-9-25-18(13)27/h9-10,14-16,20,30,32H,4-8H2,1-3H3,(H,23,31)(H2,22,24,25)/t14?,15-,16-,20-,21-/m1/s1. The fourth-order valence-corrected chi connectivity index (χ4v) is 3.88. The van der Waals surface area contributed by atoms with Gasteiger partial charge in [0.2, 0.25) is 5.60 Å². The number of carbonyl (C=O) groups excluding carboxylic acids is 3. The van der Waals surface area contributed by atoms with Crippen LogP contribution in [0.1, 0.15) is 52.7 Å². The zero-order chi connectivity index (χ0) is 25.0. The summed E-state index contributed by atoms with van der Waals surface area (Å²) < 4.78 is 12.6. The van der Waals surface area contributed by atoms with Crippen LogP contribution < -0.4 is 11.1 Å². The molecule has 5 atom stereocenters. The highest BCUT2D eigenvalue weighted by Gasteiger charge is 2.65. The van der Waals surface area contributed by atoms with E-state index in [9.17, 15) is 24.6 Å². The number of Topliss-reactive ketones (excluding diaryl/α,β-unsaturated/α-hetero) is 1. The maximum Gasteiger partial charge on any atom is 0.305 e. The van der Waals surface area contributed by atoms with Gasteiger partial charge in [-0.2, -0.15) is 0 Å². The van der Waals surface area contributed by atoms with Gasteiger partial charge >= 0.3 is 5.97 Å². The zero-order valence-electron chi connectivity index (χ0n) is 19.3. The van der Waals surface area contributed by atoms with E-state index in [1.807, 2.05) is 6.92 Å². The Bertz CT molecular complexity index is 1060. The Morgan fingerprint density at radius 2 is 2.00 bits per heavy atom. The van der Waals surface area contributed by atoms with Gasteiger partial charge in [0.25, 0.3) is 5.91 Å². The molecule has 3 rings (SSSR count). The van der Waals surface area contributed by atoms with Gasteiger partial charge in [-0.05, 0) is 6.42 Å². The van der Waals surface area contributed by atoms with Crippen molar-refractivity contribution < 1.29 is 34.1 Å². The molecule has 2 aromatic rings. The Morgan fingerprint density at radius 3 is 2.65 bits per heavy atom. The van der Waals surface area contributed by atoms with Gasteiger partial charge in [0.05, 0.1) is 6.33 Å². The normalized spacial score (nSPS) is 25.3. The van der Waals surface area contributed by atoms with E-state index in [1.165, 1.54) is 31.1 Å². The molecule has 1 saturated heterocycles. The number of fused-ring (bicyclic) bond motifs is 1. The number of nitrogens with one attached hydrogen (secondary N) is 1. The molecular weight excluding hydrogens is 448 g/mol. The Kier molecular flexibility index (Phi) is 7.79. The lowest BCUT2D eigenvalue weighted by Crippen LogP contribution is -2.57. The van der Waals surface area contributed by atoms with Crippen molar-refractivity contribution in [2.75, 3.05) is 12.3 Å². The number of anilines is 1. The van der Waals surface area contributed by atoms with Crippen LogP contribution in [-0.2, 0) is 23.9 Å². The van der Waals surface area contributed by atoms with Crippen molar-refractivity contribution in [2.24, 2.45) is 0 Å². The number of ether oxygens (including phenoxy) is 2. The van der Waals surface area contributed by atoms with E-state index < -0.39 is 47.8 Å². The number of nitrogens with zero attached hydrogens (tertiary/aromatic N) is 4. The third-order valence-corrected chi connectivity index (χ3v) is 5.76. The summed E-state index contributed by atoms with van der Waals surface area (Å²) in [6.45, 7) is 5.30. The minimum absolute atomic E-state index is 0.0629. The molecule has 0 aromatic carbocycles. The number of nitrogen functional groups attached to an aromatic ring is 1. The molecule has 1 amide bonds. The average Bonchev–Trinajstić information content (AvgIpc) is 3.38. The first kappa shape index (κ1) is 25.5. The van der Waals surface area contributed by atoms with Crippen LogP contribution in [0.15, 0.2) is 12.7 Å². The second kappa shape index (κ2) is 10.4. The van der Waals surface area contributed by atoms with Crippen molar-refractivity contribution in [2.45, 2.75) is 76.6 Å². The first-order chi connectivity index (χ1) is 16.2. The number of aromatic nitrogens is 4. The molecule has 2 aromatic heterocycles.